The summed E-state index contributed by atoms with van der Waals surface area (Å²) in [5.41, 5.74) is 2.40. The number of sulfonamides is 1. The van der Waals surface area contributed by atoms with Crippen LogP contribution in [0.1, 0.15) is 11.1 Å². The third-order valence-corrected chi connectivity index (χ3v) is 4.67. The zero-order chi connectivity index (χ0) is 16.3. The molecule has 0 aliphatic rings. The second-order valence-corrected chi connectivity index (χ2v) is 6.62. The number of methoxy groups -OCH3 is 2. The molecule has 0 aliphatic carbocycles. The molecule has 118 valence electrons. The fourth-order valence-electron chi connectivity index (χ4n) is 2.03. The Labute approximate surface area is 130 Å². The van der Waals surface area contributed by atoms with Crippen molar-refractivity contribution in [3.63, 3.8) is 0 Å². The summed E-state index contributed by atoms with van der Waals surface area (Å²) in [5, 5.41) is 0. The van der Waals surface area contributed by atoms with Crippen LogP contribution in [0, 0.1) is 13.8 Å². The first-order valence-electron chi connectivity index (χ1n) is 6.69. The summed E-state index contributed by atoms with van der Waals surface area (Å²) in [7, 11) is -0.731. The molecule has 0 amide bonds. The van der Waals surface area contributed by atoms with E-state index < -0.39 is 10.0 Å². The van der Waals surface area contributed by atoms with Crippen molar-refractivity contribution in [2.24, 2.45) is 0 Å². The van der Waals surface area contributed by atoms with Crippen LogP contribution < -0.4 is 14.2 Å². The normalized spacial score (nSPS) is 11.1. The monoisotopic (exact) mass is 321 g/mol. The van der Waals surface area contributed by atoms with Crippen molar-refractivity contribution in [1.82, 2.24) is 0 Å². The van der Waals surface area contributed by atoms with Crippen LogP contribution in [0.2, 0.25) is 0 Å². The minimum Gasteiger partial charge on any atom is -0.493 e. The van der Waals surface area contributed by atoms with E-state index in [4.69, 9.17) is 9.47 Å². The molecule has 2 aromatic carbocycles. The van der Waals surface area contributed by atoms with Gasteiger partial charge in [0.05, 0.1) is 24.8 Å². The summed E-state index contributed by atoms with van der Waals surface area (Å²) in [5.74, 6) is 0.847. The van der Waals surface area contributed by atoms with Gasteiger partial charge >= 0.3 is 0 Å². The molecule has 0 atom stereocenters. The minimum atomic E-state index is -3.70. The van der Waals surface area contributed by atoms with Crippen molar-refractivity contribution in [3.8, 4) is 11.5 Å². The SMILES string of the molecule is COc1ccc(S(=O)(=O)Nc2cc(C)ccc2C)cc1OC. The Balaban J connectivity index is 2.40. The van der Waals surface area contributed by atoms with Gasteiger partial charge in [-0.3, -0.25) is 4.72 Å². The number of aryl methyl sites for hydroxylation is 2. The van der Waals surface area contributed by atoms with Gasteiger partial charge in [0.25, 0.3) is 10.0 Å². The summed E-state index contributed by atoms with van der Waals surface area (Å²) in [4.78, 5) is 0.117. The molecule has 6 heteroatoms. The average Bonchev–Trinajstić information content (AvgIpc) is 2.49. The molecule has 5 nitrogen and oxygen atoms in total. The van der Waals surface area contributed by atoms with Crippen LogP contribution in [0.15, 0.2) is 41.3 Å². The highest BCUT2D eigenvalue weighted by atomic mass is 32.2. The van der Waals surface area contributed by atoms with Crippen LogP contribution in [0.5, 0.6) is 11.5 Å². The molecule has 2 aromatic rings. The lowest BCUT2D eigenvalue weighted by molar-refractivity contribution is 0.354. The molecular formula is C16H19NO4S. The average molecular weight is 321 g/mol. The molecule has 0 saturated heterocycles. The van der Waals surface area contributed by atoms with E-state index in [0.717, 1.165) is 11.1 Å². The van der Waals surface area contributed by atoms with E-state index in [0.29, 0.717) is 17.2 Å². The highest BCUT2D eigenvalue weighted by Crippen LogP contribution is 2.30. The number of hydrogen-bond acceptors (Lipinski definition) is 4. The number of anilines is 1. The zero-order valence-electron chi connectivity index (χ0n) is 13.0. The Kier molecular flexibility index (Phi) is 4.61. The predicted molar refractivity (Wildman–Crippen MR) is 86.3 cm³/mol. The van der Waals surface area contributed by atoms with Gasteiger partial charge in [0.2, 0.25) is 0 Å². The maximum Gasteiger partial charge on any atom is 0.262 e. The lowest BCUT2D eigenvalue weighted by atomic mass is 10.1. The quantitative estimate of drug-likeness (QED) is 0.919. The van der Waals surface area contributed by atoms with Crippen LogP contribution in [0.25, 0.3) is 0 Å². The van der Waals surface area contributed by atoms with Crippen LogP contribution in [-0.2, 0) is 10.0 Å². The summed E-state index contributed by atoms with van der Waals surface area (Å²) in [6.45, 7) is 3.76. The molecule has 0 unspecified atom stereocenters. The molecular weight excluding hydrogens is 302 g/mol. The smallest absolute Gasteiger partial charge is 0.262 e. The molecule has 0 aliphatic heterocycles. The lowest BCUT2D eigenvalue weighted by Gasteiger charge is -2.13. The van der Waals surface area contributed by atoms with Crippen molar-refractivity contribution < 1.29 is 17.9 Å². The Morgan fingerprint density at radius 2 is 1.59 bits per heavy atom. The first kappa shape index (κ1) is 16.2. The lowest BCUT2D eigenvalue weighted by Crippen LogP contribution is -2.14. The Morgan fingerprint density at radius 3 is 2.23 bits per heavy atom. The number of rotatable bonds is 5. The summed E-state index contributed by atoms with van der Waals surface area (Å²) < 4.78 is 37.9. The molecule has 0 aromatic heterocycles. The molecule has 22 heavy (non-hydrogen) atoms. The van der Waals surface area contributed by atoms with E-state index in [2.05, 4.69) is 4.72 Å². The largest absolute Gasteiger partial charge is 0.493 e. The molecule has 0 spiro atoms. The van der Waals surface area contributed by atoms with Crippen LogP contribution in [0.3, 0.4) is 0 Å². The van der Waals surface area contributed by atoms with Crippen molar-refractivity contribution in [2.45, 2.75) is 18.7 Å². The Morgan fingerprint density at radius 1 is 0.909 bits per heavy atom. The fourth-order valence-corrected chi connectivity index (χ4v) is 3.17. The number of ether oxygens (including phenoxy) is 2. The standard InChI is InChI=1S/C16H19NO4S/c1-11-5-6-12(2)14(9-11)17-22(18,19)13-7-8-15(20-3)16(10-13)21-4/h5-10,17H,1-4H3. The summed E-state index contributed by atoms with van der Waals surface area (Å²) in [6.07, 6.45) is 0. The van der Waals surface area contributed by atoms with E-state index in [1.807, 2.05) is 26.0 Å². The highest BCUT2D eigenvalue weighted by molar-refractivity contribution is 7.92. The van der Waals surface area contributed by atoms with E-state index in [1.165, 1.54) is 26.4 Å². The van der Waals surface area contributed by atoms with E-state index in [-0.39, 0.29) is 4.90 Å². The molecule has 0 heterocycles. The molecule has 2 rings (SSSR count). The van der Waals surface area contributed by atoms with Crippen molar-refractivity contribution in [2.75, 3.05) is 18.9 Å². The fraction of sp³-hybridized carbons (Fsp3) is 0.250. The van der Waals surface area contributed by atoms with Gasteiger partial charge in [-0.25, -0.2) is 8.42 Å². The van der Waals surface area contributed by atoms with Gasteiger partial charge in [0.1, 0.15) is 0 Å². The van der Waals surface area contributed by atoms with Gasteiger partial charge in [-0.15, -0.1) is 0 Å². The van der Waals surface area contributed by atoms with Gasteiger partial charge in [-0.1, -0.05) is 12.1 Å². The van der Waals surface area contributed by atoms with E-state index in [9.17, 15) is 8.42 Å². The Bertz CT molecular complexity index is 785. The summed E-state index contributed by atoms with van der Waals surface area (Å²) in [6, 6.07) is 10.1. The first-order chi connectivity index (χ1) is 10.4. The van der Waals surface area contributed by atoms with Gasteiger partial charge in [-0.05, 0) is 43.2 Å². The van der Waals surface area contributed by atoms with Gasteiger partial charge in [0.15, 0.2) is 11.5 Å². The maximum absolute atomic E-state index is 12.5. The number of hydrogen-bond donors (Lipinski definition) is 1. The van der Waals surface area contributed by atoms with Gasteiger partial charge < -0.3 is 9.47 Å². The third kappa shape index (κ3) is 3.33. The molecule has 0 radical (unpaired) electrons. The first-order valence-corrected chi connectivity index (χ1v) is 8.18. The molecule has 0 saturated carbocycles. The van der Waals surface area contributed by atoms with Gasteiger partial charge in [-0.2, -0.15) is 0 Å². The molecule has 0 bridgehead atoms. The highest BCUT2D eigenvalue weighted by Gasteiger charge is 2.18. The van der Waals surface area contributed by atoms with Crippen LogP contribution in [-0.4, -0.2) is 22.6 Å². The van der Waals surface area contributed by atoms with E-state index in [1.54, 1.807) is 12.1 Å². The van der Waals surface area contributed by atoms with Crippen molar-refractivity contribution in [1.29, 1.82) is 0 Å². The van der Waals surface area contributed by atoms with Crippen LogP contribution >= 0.6 is 0 Å². The number of nitrogens with one attached hydrogen (secondary N) is 1. The topological polar surface area (TPSA) is 64.6 Å². The number of benzene rings is 2. The van der Waals surface area contributed by atoms with Gasteiger partial charge in [0, 0.05) is 6.07 Å². The third-order valence-electron chi connectivity index (χ3n) is 3.30. The zero-order valence-corrected chi connectivity index (χ0v) is 13.8. The molecule has 1 N–H and O–H groups in total. The van der Waals surface area contributed by atoms with Crippen molar-refractivity contribution >= 4 is 15.7 Å². The minimum absolute atomic E-state index is 0.117. The predicted octanol–water partition coefficient (Wildman–Crippen LogP) is 3.12. The second kappa shape index (κ2) is 6.27. The Hall–Kier alpha value is -2.21. The van der Waals surface area contributed by atoms with Crippen LogP contribution in [0.4, 0.5) is 5.69 Å². The summed E-state index contributed by atoms with van der Waals surface area (Å²) >= 11 is 0. The second-order valence-electron chi connectivity index (χ2n) is 4.94. The molecule has 0 fully saturated rings. The van der Waals surface area contributed by atoms with Crippen molar-refractivity contribution in [3.05, 3.63) is 47.5 Å². The van der Waals surface area contributed by atoms with E-state index >= 15 is 0 Å². The maximum atomic E-state index is 12.5.